The van der Waals surface area contributed by atoms with E-state index < -0.39 is 6.36 Å². The lowest BCUT2D eigenvalue weighted by atomic mass is 10.0. The van der Waals surface area contributed by atoms with Gasteiger partial charge < -0.3 is 4.74 Å². The molecule has 0 aromatic heterocycles. The highest BCUT2D eigenvalue weighted by Crippen LogP contribution is 2.47. The first-order chi connectivity index (χ1) is 10.4. The second-order valence-electron chi connectivity index (χ2n) is 4.91. The Morgan fingerprint density at radius 3 is 2.50 bits per heavy atom. The Hall–Kier alpha value is -1.95. The van der Waals surface area contributed by atoms with Crippen molar-refractivity contribution < 1.29 is 22.7 Å². The summed E-state index contributed by atoms with van der Waals surface area (Å²) < 4.78 is 40.7. The van der Waals surface area contributed by atoms with Gasteiger partial charge in [-0.1, -0.05) is 24.3 Å². The Morgan fingerprint density at radius 2 is 1.86 bits per heavy atom. The van der Waals surface area contributed by atoms with Crippen LogP contribution < -0.4 is 4.74 Å². The summed E-state index contributed by atoms with van der Waals surface area (Å²) >= 11 is 1.60. The van der Waals surface area contributed by atoms with Gasteiger partial charge in [-0.15, -0.1) is 24.9 Å². The number of ether oxygens (including phenoxy) is 1. The van der Waals surface area contributed by atoms with Gasteiger partial charge in [0.15, 0.2) is 0 Å². The molecule has 0 spiro atoms. The van der Waals surface area contributed by atoms with Gasteiger partial charge in [-0.05, 0) is 35.7 Å². The average molecular weight is 324 g/mol. The monoisotopic (exact) mass is 324 g/mol. The van der Waals surface area contributed by atoms with Crippen molar-refractivity contribution >= 4 is 18.0 Å². The Labute approximate surface area is 129 Å². The Kier molecular flexibility index (Phi) is 3.87. The zero-order valence-electron chi connectivity index (χ0n) is 11.3. The van der Waals surface area contributed by atoms with E-state index in [1.54, 1.807) is 30.0 Å². The fraction of sp³-hybridized carbons (Fsp3) is 0.188. The Morgan fingerprint density at radius 1 is 1.14 bits per heavy atom. The van der Waals surface area contributed by atoms with Gasteiger partial charge >= 0.3 is 6.36 Å². The number of carbonyl (C=O) groups is 1. The molecule has 0 aliphatic carbocycles. The molecule has 0 fully saturated rings. The normalized spacial score (nSPS) is 17.1. The number of rotatable bonds is 3. The van der Waals surface area contributed by atoms with Crippen molar-refractivity contribution in [3.8, 4) is 5.75 Å². The molecule has 1 aliphatic rings. The lowest BCUT2D eigenvalue weighted by Crippen LogP contribution is -2.17. The third-order valence-electron chi connectivity index (χ3n) is 3.38. The summed E-state index contributed by atoms with van der Waals surface area (Å²) in [6.07, 6.45) is -3.26. The van der Waals surface area contributed by atoms with E-state index >= 15 is 0 Å². The van der Waals surface area contributed by atoms with Crippen molar-refractivity contribution in [2.75, 3.05) is 0 Å². The van der Waals surface area contributed by atoms with Crippen LogP contribution in [0, 0.1) is 0 Å². The van der Waals surface area contributed by atoms with Crippen molar-refractivity contribution in [2.45, 2.75) is 22.9 Å². The average Bonchev–Trinajstić information content (AvgIpc) is 2.89. The van der Waals surface area contributed by atoms with Crippen molar-refractivity contribution in [1.82, 2.24) is 0 Å². The van der Waals surface area contributed by atoms with E-state index in [1.165, 1.54) is 12.1 Å². The smallest absolute Gasteiger partial charge is 0.406 e. The standard InChI is InChI=1S/C16H11F3O2S/c17-16(18,19)21-13-5-6-14-12(7-13)8-15(22-14)11-3-1-10(9-20)2-4-11/h1-7,9,15H,8H2. The van der Waals surface area contributed by atoms with Gasteiger partial charge in [0.1, 0.15) is 12.0 Å². The van der Waals surface area contributed by atoms with Crippen molar-refractivity contribution in [2.24, 2.45) is 0 Å². The molecule has 22 heavy (non-hydrogen) atoms. The molecule has 114 valence electrons. The number of carbonyl (C=O) groups excluding carboxylic acids is 1. The number of fused-ring (bicyclic) bond motifs is 1. The topological polar surface area (TPSA) is 26.3 Å². The molecular formula is C16H11F3O2S. The van der Waals surface area contributed by atoms with Crippen LogP contribution in [0.15, 0.2) is 47.4 Å². The van der Waals surface area contributed by atoms with E-state index in [9.17, 15) is 18.0 Å². The van der Waals surface area contributed by atoms with Crippen molar-refractivity contribution in [1.29, 1.82) is 0 Å². The molecule has 0 bridgehead atoms. The van der Waals surface area contributed by atoms with E-state index in [0.29, 0.717) is 12.0 Å². The summed E-state index contributed by atoms with van der Waals surface area (Å²) in [6, 6.07) is 11.7. The van der Waals surface area contributed by atoms with Gasteiger partial charge in [0.25, 0.3) is 0 Å². The number of aldehydes is 1. The molecule has 2 nitrogen and oxygen atoms in total. The lowest BCUT2D eigenvalue weighted by molar-refractivity contribution is -0.274. The van der Waals surface area contributed by atoms with Gasteiger partial charge in [0.2, 0.25) is 0 Å². The molecule has 1 unspecified atom stereocenters. The minimum absolute atomic E-state index is 0.136. The lowest BCUT2D eigenvalue weighted by Gasteiger charge is -2.09. The molecule has 1 heterocycles. The first kappa shape index (κ1) is 15.0. The van der Waals surface area contributed by atoms with Crippen LogP contribution in [0.5, 0.6) is 5.75 Å². The molecule has 2 aromatic rings. The minimum Gasteiger partial charge on any atom is -0.406 e. The molecule has 0 amide bonds. The Balaban J connectivity index is 1.78. The van der Waals surface area contributed by atoms with E-state index in [2.05, 4.69) is 4.74 Å². The largest absolute Gasteiger partial charge is 0.573 e. The maximum Gasteiger partial charge on any atom is 0.573 e. The third kappa shape index (κ3) is 3.27. The predicted molar refractivity (Wildman–Crippen MR) is 77.3 cm³/mol. The number of thioether (sulfide) groups is 1. The summed E-state index contributed by atoms with van der Waals surface area (Å²) in [5.74, 6) is -0.191. The minimum atomic E-state index is -4.68. The van der Waals surface area contributed by atoms with E-state index in [1.807, 2.05) is 12.1 Å². The second kappa shape index (κ2) is 5.68. The molecule has 2 aromatic carbocycles. The van der Waals surface area contributed by atoms with Gasteiger partial charge in [0, 0.05) is 15.7 Å². The second-order valence-corrected chi connectivity index (χ2v) is 6.16. The van der Waals surface area contributed by atoms with Gasteiger partial charge in [0.05, 0.1) is 0 Å². The molecule has 0 radical (unpaired) electrons. The van der Waals surface area contributed by atoms with Crippen molar-refractivity contribution in [3.05, 3.63) is 59.2 Å². The number of hydrogen-bond donors (Lipinski definition) is 0. The molecule has 0 saturated carbocycles. The quantitative estimate of drug-likeness (QED) is 0.760. The molecule has 0 saturated heterocycles. The predicted octanol–water partition coefficient (Wildman–Crippen LogP) is 4.79. The maximum absolute atomic E-state index is 12.3. The maximum atomic E-state index is 12.3. The van der Waals surface area contributed by atoms with Gasteiger partial charge in [-0.2, -0.15) is 0 Å². The summed E-state index contributed by atoms with van der Waals surface area (Å²) in [5, 5.41) is 0.136. The number of hydrogen-bond acceptors (Lipinski definition) is 3. The zero-order chi connectivity index (χ0) is 15.7. The molecule has 6 heteroatoms. The summed E-state index contributed by atoms with van der Waals surface area (Å²) in [5.41, 5.74) is 2.49. The SMILES string of the molecule is O=Cc1ccc(C2Cc3cc(OC(F)(F)F)ccc3S2)cc1. The first-order valence-corrected chi connectivity index (χ1v) is 7.43. The Bertz CT molecular complexity index is 696. The van der Waals surface area contributed by atoms with E-state index in [-0.39, 0.29) is 11.0 Å². The highest BCUT2D eigenvalue weighted by Gasteiger charge is 2.32. The fourth-order valence-corrected chi connectivity index (χ4v) is 3.70. The fourth-order valence-electron chi connectivity index (χ4n) is 2.40. The zero-order valence-corrected chi connectivity index (χ0v) is 12.1. The number of halogens is 3. The highest BCUT2D eigenvalue weighted by molar-refractivity contribution is 7.99. The van der Waals surface area contributed by atoms with Crippen LogP contribution in [0.1, 0.15) is 26.7 Å². The van der Waals surface area contributed by atoms with Crippen LogP contribution >= 0.6 is 11.8 Å². The van der Waals surface area contributed by atoms with Gasteiger partial charge in [-0.3, -0.25) is 4.79 Å². The van der Waals surface area contributed by atoms with Crippen LogP contribution in [-0.4, -0.2) is 12.6 Å². The van der Waals surface area contributed by atoms with E-state index in [0.717, 1.165) is 22.3 Å². The van der Waals surface area contributed by atoms with Crippen LogP contribution in [0.2, 0.25) is 0 Å². The van der Waals surface area contributed by atoms with Crippen LogP contribution in [0.25, 0.3) is 0 Å². The number of alkyl halides is 3. The summed E-state index contributed by atoms with van der Waals surface area (Å²) in [4.78, 5) is 11.6. The van der Waals surface area contributed by atoms with Crippen LogP contribution in [0.3, 0.4) is 0 Å². The molecule has 3 rings (SSSR count). The molecule has 0 N–H and O–H groups in total. The molecule has 1 aliphatic heterocycles. The summed E-state index contributed by atoms with van der Waals surface area (Å²) in [7, 11) is 0. The van der Waals surface area contributed by atoms with Crippen LogP contribution in [0.4, 0.5) is 13.2 Å². The highest BCUT2D eigenvalue weighted by atomic mass is 32.2. The van der Waals surface area contributed by atoms with Gasteiger partial charge in [-0.25, -0.2) is 0 Å². The first-order valence-electron chi connectivity index (χ1n) is 6.55. The van der Waals surface area contributed by atoms with Crippen LogP contribution in [-0.2, 0) is 6.42 Å². The molecule has 1 atom stereocenters. The third-order valence-corrected chi connectivity index (χ3v) is 4.76. The van der Waals surface area contributed by atoms with E-state index in [4.69, 9.17) is 0 Å². The number of benzene rings is 2. The summed E-state index contributed by atoms with van der Waals surface area (Å²) in [6.45, 7) is 0. The van der Waals surface area contributed by atoms with Crippen molar-refractivity contribution in [3.63, 3.8) is 0 Å². The molecular weight excluding hydrogens is 313 g/mol.